The van der Waals surface area contributed by atoms with Gasteiger partial charge in [-0.3, -0.25) is 9.59 Å². The van der Waals surface area contributed by atoms with Crippen LogP contribution in [0.15, 0.2) is 0 Å². The third-order valence-electron chi connectivity index (χ3n) is 13.7. The predicted octanol–water partition coefficient (Wildman–Crippen LogP) is 13.3. The van der Waals surface area contributed by atoms with E-state index in [2.05, 4.69) is 69.2 Å². The Morgan fingerprint density at radius 3 is 1.00 bits per heavy atom. The van der Waals surface area contributed by atoms with Crippen molar-refractivity contribution in [3.63, 3.8) is 0 Å². The van der Waals surface area contributed by atoms with Gasteiger partial charge in [-0.2, -0.15) is 0 Å². The monoisotopic (exact) mass is 1020 g/mol. The summed E-state index contributed by atoms with van der Waals surface area (Å²) in [4.78, 5) is 25.1. The number of hydrogen-bond donors (Lipinski definition) is 1. The Bertz CT molecular complexity index is 1140. The van der Waals surface area contributed by atoms with Gasteiger partial charge in [-0.1, -0.05) is 185 Å². The maximum Gasteiger partial charge on any atom is 0.306 e. The molecule has 0 aromatic heterocycles. The lowest BCUT2D eigenvalue weighted by Gasteiger charge is -2.21. The predicted molar refractivity (Wildman–Crippen MR) is 290 cm³/mol. The van der Waals surface area contributed by atoms with Gasteiger partial charge in [-0.15, -0.1) is 0 Å². The summed E-state index contributed by atoms with van der Waals surface area (Å²) >= 11 is 0. The number of aliphatic hydroxyl groups is 1. The zero-order valence-corrected chi connectivity index (χ0v) is 48.0. The first kappa shape index (κ1) is 69.6. The number of carbonyl (C=O) groups is 2. The number of carbonyl (C=O) groups excluding carboxylic acids is 2. The molecule has 0 heterocycles. The molecule has 12 heteroatoms. The summed E-state index contributed by atoms with van der Waals surface area (Å²) in [6, 6.07) is 0. The first-order chi connectivity index (χ1) is 34.2. The Labute approximate surface area is 437 Å². The fourth-order valence-corrected chi connectivity index (χ4v) is 8.75. The van der Waals surface area contributed by atoms with Crippen LogP contribution >= 0.6 is 0 Å². The Kier molecular flexibility index (Phi) is 49.8. The highest BCUT2D eigenvalue weighted by atomic mass is 16.6. The molecule has 0 bridgehead atoms. The molecule has 0 fully saturated rings. The molecular formula is C59H116O12. The van der Waals surface area contributed by atoms with E-state index in [1.165, 1.54) is 116 Å². The molecule has 0 amide bonds. The lowest BCUT2D eigenvalue weighted by atomic mass is 9.91. The SMILES string of the molecule is CC(C)CCC[C@@H](C)CCC[C@@H](C)CCCC(C)CCOC[C@H](COC(=O)CCC(=O)OCCOCCOCCOCCOCCOCCO)OCCC(C)CCC[C@H](C)CCC[C@H](C)CCCC(C)C. The number of esters is 2. The van der Waals surface area contributed by atoms with Crippen molar-refractivity contribution in [3.8, 4) is 0 Å². The molecule has 2 unspecified atom stereocenters. The van der Waals surface area contributed by atoms with Crippen molar-refractivity contribution in [3.05, 3.63) is 0 Å². The summed E-state index contributed by atoms with van der Waals surface area (Å²) in [7, 11) is 0. The molecule has 0 saturated carbocycles. The molecule has 0 radical (unpaired) electrons. The van der Waals surface area contributed by atoms with E-state index in [1.54, 1.807) is 0 Å². The van der Waals surface area contributed by atoms with Gasteiger partial charge in [-0.25, -0.2) is 0 Å². The Morgan fingerprint density at radius 1 is 0.324 bits per heavy atom. The van der Waals surface area contributed by atoms with Crippen LogP contribution in [0.25, 0.3) is 0 Å². The topological polar surface area (TPSA) is 137 Å². The molecule has 424 valence electrons. The standard InChI is InChI=1S/C59H116O12/c1-49(2)17-11-19-51(5)21-13-23-53(7)25-15-27-55(9)31-34-68-47-57(69-35-32-56(10)28-16-26-54(8)24-14-22-52(6)20-12-18-50(3)4)48-71-59(62)30-29-58(61)70-46-45-67-44-43-66-42-41-65-40-39-64-38-37-63-36-33-60/h49-57,60H,11-48H2,1-10H3/t51-,52-,53-,54-,55?,56?,57-/m1/s1. The van der Waals surface area contributed by atoms with Gasteiger partial charge < -0.3 is 47.7 Å². The highest BCUT2D eigenvalue weighted by Crippen LogP contribution is 2.25. The normalized spacial score (nSPS) is 14.9. The van der Waals surface area contributed by atoms with Gasteiger partial charge in [0.15, 0.2) is 0 Å². The second-order valence-corrected chi connectivity index (χ2v) is 22.3. The average Bonchev–Trinajstić information content (AvgIpc) is 3.31. The lowest BCUT2D eigenvalue weighted by molar-refractivity contribution is -0.154. The van der Waals surface area contributed by atoms with Crippen molar-refractivity contribution in [2.24, 2.45) is 47.3 Å². The Balaban J connectivity index is 4.54. The van der Waals surface area contributed by atoms with Crippen LogP contribution in [0.4, 0.5) is 0 Å². The van der Waals surface area contributed by atoms with Crippen LogP contribution in [0.5, 0.6) is 0 Å². The van der Waals surface area contributed by atoms with Gasteiger partial charge in [-0.05, 0) is 60.2 Å². The van der Waals surface area contributed by atoms with Crippen LogP contribution in [0.2, 0.25) is 0 Å². The molecule has 0 aromatic rings. The number of hydrogen-bond acceptors (Lipinski definition) is 12. The summed E-state index contributed by atoms with van der Waals surface area (Å²) in [6.45, 7) is 29.5. The minimum Gasteiger partial charge on any atom is -0.463 e. The fourth-order valence-electron chi connectivity index (χ4n) is 8.75. The second-order valence-electron chi connectivity index (χ2n) is 22.3. The van der Waals surface area contributed by atoms with Gasteiger partial charge in [0.05, 0.1) is 92.1 Å². The second kappa shape index (κ2) is 50.8. The van der Waals surface area contributed by atoms with Crippen molar-refractivity contribution in [2.45, 2.75) is 217 Å². The molecule has 0 saturated heterocycles. The number of rotatable bonds is 55. The zero-order valence-electron chi connectivity index (χ0n) is 48.0. The summed E-state index contributed by atoms with van der Waals surface area (Å²) in [5, 5.41) is 8.67. The van der Waals surface area contributed by atoms with Crippen molar-refractivity contribution in [1.82, 2.24) is 0 Å². The van der Waals surface area contributed by atoms with Gasteiger partial charge in [0.2, 0.25) is 0 Å². The molecule has 12 nitrogen and oxygen atoms in total. The molecule has 0 aliphatic rings. The third kappa shape index (κ3) is 51.9. The van der Waals surface area contributed by atoms with Gasteiger partial charge in [0.25, 0.3) is 0 Å². The third-order valence-corrected chi connectivity index (χ3v) is 13.7. The van der Waals surface area contributed by atoms with Crippen LogP contribution in [0.1, 0.15) is 210 Å². The van der Waals surface area contributed by atoms with Gasteiger partial charge in [0.1, 0.15) is 19.3 Å². The number of ether oxygens (including phenoxy) is 9. The van der Waals surface area contributed by atoms with E-state index in [9.17, 15) is 9.59 Å². The quantitative estimate of drug-likeness (QED) is 0.0458. The first-order valence-corrected chi connectivity index (χ1v) is 29.2. The highest BCUT2D eigenvalue weighted by Gasteiger charge is 2.17. The van der Waals surface area contributed by atoms with E-state index in [0.717, 1.165) is 48.3 Å². The Morgan fingerprint density at radius 2 is 0.634 bits per heavy atom. The zero-order chi connectivity index (χ0) is 52.6. The molecule has 0 spiro atoms. The van der Waals surface area contributed by atoms with Crippen molar-refractivity contribution < 1.29 is 57.3 Å². The van der Waals surface area contributed by atoms with E-state index in [-0.39, 0.29) is 45.4 Å². The van der Waals surface area contributed by atoms with E-state index in [1.807, 2.05) is 0 Å². The largest absolute Gasteiger partial charge is 0.463 e. The van der Waals surface area contributed by atoms with Crippen LogP contribution in [0.3, 0.4) is 0 Å². The summed E-state index contributed by atoms with van der Waals surface area (Å²) in [5.74, 6) is 5.11. The molecule has 71 heavy (non-hydrogen) atoms. The molecule has 0 rings (SSSR count). The maximum absolute atomic E-state index is 12.7. The fraction of sp³-hybridized carbons (Fsp3) is 0.966. The summed E-state index contributed by atoms with van der Waals surface area (Å²) in [6.07, 6.45) is 25.3. The van der Waals surface area contributed by atoms with E-state index in [4.69, 9.17) is 47.7 Å². The lowest BCUT2D eigenvalue weighted by Crippen LogP contribution is -2.28. The van der Waals surface area contributed by atoms with Crippen LogP contribution in [-0.4, -0.2) is 129 Å². The minimum absolute atomic E-state index is 0.00682. The van der Waals surface area contributed by atoms with Crippen molar-refractivity contribution in [1.29, 1.82) is 0 Å². The van der Waals surface area contributed by atoms with Gasteiger partial charge in [0, 0.05) is 13.2 Å². The van der Waals surface area contributed by atoms with Gasteiger partial charge >= 0.3 is 11.9 Å². The van der Waals surface area contributed by atoms with E-state index in [0.29, 0.717) is 91.1 Å². The van der Waals surface area contributed by atoms with Crippen molar-refractivity contribution in [2.75, 3.05) is 106 Å². The summed E-state index contributed by atoms with van der Waals surface area (Å²) in [5.41, 5.74) is 0. The minimum atomic E-state index is -0.469. The molecular weight excluding hydrogens is 901 g/mol. The van der Waals surface area contributed by atoms with E-state index >= 15 is 0 Å². The number of aliphatic hydroxyl groups excluding tert-OH is 1. The van der Waals surface area contributed by atoms with Crippen molar-refractivity contribution >= 4 is 11.9 Å². The first-order valence-electron chi connectivity index (χ1n) is 29.2. The van der Waals surface area contributed by atoms with Crippen LogP contribution in [0, 0.1) is 47.3 Å². The molecule has 7 atom stereocenters. The smallest absolute Gasteiger partial charge is 0.306 e. The van der Waals surface area contributed by atoms with Crippen LogP contribution in [-0.2, 0) is 52.2 Å². The average molecular weight is 1020 g/mol. The molecule has 0 aromatic carbocycles. The molecule has 1 N–H and O–H groups in total. The maximum atomic E-state index is 12.7. The highest BCUT2D eigenvalue weighted by molar-refractivity contribution is 5.77. The summed E-state index contributed by atoms with van der Waals surface area (Å²) < 4.78 is 50.2. The van der Waals surface area contributed by atoms with Crippen LogP contribution < -0.4 is 0 Å². The molecule has 0 aliphatic carbocycles. The Hall–Kier alpha value is -1.38. The van der Waals surface area contributed by atoms with E-state index < -0.39 is 11.9 Å². The molecule has 0 aliphatic heterocycles.